The van der Waals surface area contributed by atoms with Gasteiger partial charge in [0.05, 0.1) is 9.77 Å². The highest BCUT2D eigenvalue weighted by Gasteiger charge is 2.14. The Morgan fingerprint density at radius 3 is 2.44 bits per heavy atom. The molecule has 0 saturated carbocycles. The van der Waals surface area contributed by atoms with Crippen LogP contribution in [0, 0.1) is 6.92 Å². The Kier molecular flexibility index (Phi) is 6.33. The van der Waals surface area contributed by atoms with Gasteiger partial charge in [-0.1, -0.05) is 28.9 Å². The monoisotopic (exact) mass is 468 g/mol. The lowest BCUT2D eigenvalue weighted by molar-refractivity contribution is -0.116. The number of hydrogen-bond donors (Lipinski definition) is 2. The standard InChI is InChI=1S/C22H20N4O4S2/c1-15-4-10-18(11-5-15)32(28,29)26-17-8-6-16(7-9-17)23-20(27)12-13-21-24-22(25-30-21)19-3-2-14-31-19/h2-11,14,26H,12-13H2,1H3,(H,23,27). The molecule has 2 aromatic heterocycles. The van der Waals surface area contributed by atoms with Crippen LogP contribution in [0.3, 0.4) is 0 Å². The van der Waals surface area contributed by atoms with Gasteiger partial charge in [-0.05, 0) is 54.8 Å². The molecule has 8 nitrogen and oxygen atoms in total. The zero-order valence-electron chi connectivity index (χ0n) is 17.1. The van der Waals surface area contributed by atoms with Gasteiger partial charge in [-0.25, -0.2) is 8.42 Å². The number of thiophene rings is 1. The van der Waals surface area contributed by atoms with Crippen LogP contribution in [0.15, 0.2) is 75.5 Å². The molecular weight excluding hydrogens is 448 g/mol. The second-order valence-electron chi connectivity index (χ2n) is 7.03. The first-order valence-electron chi connectivity index (χ1n) is 9.75. The van der Waals surface area contributed by atoms with Crippen LogP contribution in [0.25, 0.3) is 10.7 Å². The summed E-state index contributed by atoms with van der Waals surface area (Å²) < 4.78 is 32.7. The first kappa shape index (κ1) is 21.7. The summed E-state index contributed by atoms with van der Waals surface area (Å²) >= 11 is 1.51. The van der Waals surface area contributed by atoms with Gasteiger partial charge in [0.15, 0.2) is 0 Å². The predicted molar refractivity (Wildman–Crippen MR) is 123 cm³/mol. The Hall–Kier alpha value is -3.50. The van der Waals surface area contributed by atoms with Crippen molar-refractivity contribution in [3.05, 3.63) is 77.5 Å². The van der Waals surface area contributed by atoms with Crippen molar-refractivity contribution in [3.8, 4) is 10.7 Å². The number of aromatic nitrogens is 2. The Morgan fingerprint density at radius 1 is 1.03 bits per heavy atom. The smallest absolute Gasteiger partial charge is 0.261 e. The van der Waals surface area contributed by atoms with Crippen LogP contribution in [0.5, 0.6) is 0 Å². The van der Waals surface area contributed by atoms with Crippen molar-refractivity contribution >= 4 is 38.6 Å². The number of carbonyl (C=O) groups is 1. The van der Waals surface area contributed by atoms with Crippen LogP contribution in [0.1, 0.15) is 17.9 Å². The lowest BCUT2D eigenvalue weighted by atomic mass is 10.2. The van der Waals surface area contributed by atoms with Crippen molar-refractivity contribution in [2.75, 3.05) is 10.0 Å². The van der Waals surface area contributed by atoms with E-state index >= 15 is 0 Å². The van der Waals surface area contributed by atoms with E-state index < -0.39 is 10.0 Å². The molecule has 0 atom stereocenters. The quantitative estimate of drug-likeness (QED) is 0.394. The summed E-state index contributed by atoms with van der Waals surface area (Å²) in [5, 5.41) is 8.62. The summed E-state index contributed by atoms with van der Waals surface area (Å²) in [4.78, 5) is 17.6. The van der Waals surface area contributed by atoms with E-state index in [1.54, 1.807) is 48.5 Å². The van der Waals surface area contributed by atoms with Crippen molar-refractivity contribution in [1.82, 2.24) is 10.1 Å². The van der Waals surface area contributed by atoms with E-state index in [1.165, 1.54) is 11.3 Å². The van der Waals surface area contributed by atoms with Gasteiger partial charge in [-0.2, -0.15) is 4.98 Å². The second-order valence-corrected chi connectivity index (χ2v) is 9.66. The molecule has 2 heterocycles. The normalized spacial score (nSPS) is 11.3. The first-order valence-corrected chi connectivity index (χ1v) is 12.1. The number of amides is 1. The minimum atomic E-state index is -3.68. The number of hydrogen-bond acceptors (Lipinski definition) is 7. The lowest BCUT2D eigenvalue weighted by Gasteiger charge is -2.10. The molecule has 4 aromatic rings. The molecule has 0 aliphatic heterocycles. The largest absolute Gasteiger partial charge is 0.339 e. The van der Waals surface area contributed by atoms with Crippen LogP contribution < -0.4 is 10.0 Å². The number of rotatable bonds is 8. The van der Waals surface area contributed by atoms with Gasteiger partial charge < -0.3 is 9.84 Å². The number of anilines is 2. The van der Waals surface area contributed by atoms with E-state index in [1.807, 2.05) is 24.4 Å². The molecular formula is C22H20N4O4S2. The number of sulfonamides is 1. The summed E-state index contributed by atoms with van der Waals surface area (Å²) in [6.45, 7) is 1.89. The molecule has 0 bridgehead atoms. The third-order valence-corrected chi connectivity index (χ3v) is 6.79. The molecule has 0 aliphatic carbocycles. The van der Waals surface area contributed by atoms with Crippen LogP contribution in [0.4, 0.5) is 11.4 Å². The lowest BCUT2D eigenvalue weighted by Crippen LogP contribution is -2.14. The zero-order chi connectivity index (χ0) is 22.6. The van der Waals surface area contributed by atoms with Crippen molar-refractivity contribution in [1.29, 1.82) is 0 Å². The number of nitrogens with zero attached hydrogens (tertiary/aromatic N) is 2. The maximum Gasteiger partial charge on any atom is 0.261 e. The van der Waals surface area contributed by atoms with Gasteiger partial charge in [0.2, 0.25) is 17.6 Å². The van der Waals surface area contributed by atoms with Crippen molar-refractivity contribution in [3.63, 3.8) is 0 Å². The average molecular weight is 469 g/mol. The average Bonchev–Trinajstić information content (AvgIpc) is 3.46. The van der Waals surface area contributed by atoms with E-state index in [2.05, 4.69) is 20.2 Å². The van der Waals surface area contributed by atoms with Gasteiger partial charge in [0.1, 0.15) is 0 Å². The maximum atomic E-state index is 12.5. The summed E-state index contributed by atoms with van der Waals surface area (Å²) in [6.07, 6.45) is 0.493. The van der Waals surface area contributed by atoms with Gasteiger partial charge in [0, 0.05) is 24.2 Å². The fourth-order valence-electron chi connectivity index (χ4n) is 2.86. The minimum absolute atomic E-state index is 0.174. The Bertz CT molecular complexity index is 1300. The van der Waals surface area contributed by atoms with Crippen LogP contribution >= 0.6 is 11.3 Å². The number of carbonyl (C=O) groups excluding carboxylic acids is 1. The fraction of sp³-hybridized carbons (Fsp3) is 0.136. The molecule has 4 rings (SSSR count). The molecule has 0 aliphatic rings. The van der Waals surface area contributed by atoms with Gasteiger partial charge in [-0.3, -0.25) is 9.52 Å². The number of aryl methyl sites for hydroxylation is 2. The van der Waals surface area contributed by atoms with Gasteiger partial charge >= 0.3 is 0 Å². The Morgan fingerprint density at radius 2 is 1.75 bits per heavy atom. The Labute approximate surface area is 189 Å². The second kappa shape index (κ2) is 9.33. The zero-order valence-corrected chi connectivity index (χ0v) is 18.7. The summed E-state index contributed by atoms with van der Waals surface area (Å²) in [5.41, 5.74) is 1.93. The highest BCUT2D eigenvalue weighted by Crippen LogP contribution is 2.22. The van der Waals surface area contributed by atoms with Crippen LogP contribution in [-0.4, -0.2) is 24.5 Å². The molecule has 0 unspecified atom stereocenters. The minimum Gasteiger partial charge on any atom is -0.339 e. The third kappa shape index (κ3) is 5.40. The highest BCUT2D eigenvalue weighted by atomic mass is 32.2. The molecule has 1 amide bonds. The van der Waals surface area contributed by atoms with Crippen molar-refractivity contribution < 1.29 is 17.7 Å². The van der Waals surface area contributed by atoms with Crippen LogP contribution in [-0.2, 0) is 21.2 Å². The molecule has 10 heteroatoms. The molecule has 0 fully saturated rings. The molecule has 0 radical (unpaired) electrons. The molecule has 2 N–H and O–H groups in total. The van der Waals surface area contributed by atoms with E-state index in [4.69, 9.17) is 4.52 Å². The first-order chi connectivity index (χ1) is 15.4. The van der Waals surface area contributed by atoms with Crippen LogP contribution in [0.2, 0.25) is 0 Å². The van der Waals surface area contributed by atoms with E-state index in [-0.39, 0.29) is 17.2 Å². The van der Waals surface area contributed by atoms with Gasteiger partial charge in [0.25, 0.3) is 10.0 Å². The summed E-state index contributed by atoms with van der Waals surface area (Å²) in [5.74, 6) is 0.692. The highest BCUT2D eigenvalue weighted by molar-refractivity contribution is 7.92. The van der Waals surface area contributed by atoms with Crippen molar-refractivity contribution in [2.45, 2.75) is 24.7 Å². The number of benzene rings is 2. The Balaban J connectivity index is 1.30. The molecule has 0 saturated heterocycles. The number of nitrogens with one attached hydrogen (secondary N) is 2. The van der Waals surface area contributed by atoms with Gasteiger partial charge in [-0.15, -0.1) is 11.3 Å². The SMILES string of the molecule is Cc1ccc(S(=O)(=O)Nc2ccc(NC(=O)CCc3nc(-c4cccs4)no3)cc2)cc1. The molecule has 32 heavy (non-hydrogen) atoms. The summed E-state index contributed by atoms with van der Waals surface area (Å²) in [6, 6.07) is 16.8. The maximum absolute atomic E-state index is 12.5. The van der Waals surface area contributed by atoms with Crippen molar-refractivity contribution in [2.24, 2.45) is 0 Å². The molecule has 0 spiro atoms. The molecule has 164 valence electrons. The predicted octanol–water partition coefficient (Wildman–Crippen LogP) is 4.48. The van der Waals surface area contributed by atoms with E-state index in [0.29, 0.717) is 29.5 Å². The fourth-order valence-corrected chi connectivity index (χ4v) is 4.57. The van der Waals surface area contributed by atoms with E-state index in [0.717, 1.165) is 10.4 Å². The molecule has 2 aromatic carbocycles. The third-order valence-electron chi connectivity index (χ3n) is 4.53. The summed E-state index contributed by atoms with van der Waals surface area (Å²) in [7, 11) is -3.68. The topological polar surface area (TPSA) is 114 Å². The van der Waals surface area contributed by atoms with E-state index in [9.17, 15) is 13.2 Å².